The summed E-state index contributed by atoms with van der Waals surface area (Å²) >= 11 is 0. The van der Waals surface area contributed by atoms with Crippen molar-refractivity contribution in [3.8, 4) is 6.07 Å². The zero-order valence-electron chi connectivity index (χ0n) is 14.5. The fraction of sp³-hybridized carbons (Fsp3) is 0.444. The summed E-state index contributed by atoms with van der Waals surface area (Å²) < 4.78 is 0. The average Bonchev–Trinajstić information content (AvgIpc) is 2.60. The van der Waals surface area contributed by atoms with E-state index in [0.717, 1.165) is 36.0 Å². The normalized spacial score (nSPS) is 17.5. The van der Waals surface area contributed by atoms with Crippen molar-refractivity contribution in [2.45, 2.75) is 32.7 Å². The van der Waals surface area contributed by atoms with E-state index in [-0.39, 0.29) is 17.9 Å². The van der Waals surface area contributed by atoms with Crippen LogP contribution in [0, 0.1) is 17.2 Å². The standard InChI is InChI=1S/C18H22N6O/c1-11(2)22-18-15-7-16(21-9-13(15)6-14(8-19)23-18)24-5-3-4-12(10-24)17(20)25/h6-7,9,11-12H,3-5,10H2,1-2H3,(H2,20,25)(H,22,23). The van der Waals surface area contributed by atoms with Crippen LogP contribution in [0.15, 0.2) is 18.3 Å². The highest BCUT2D eigenvalue weighted by Gasteiger charge is 2.25. The van der Waals surface area contributed by atoms with E-state index in [1.165, 1.54) is 0 Å². The lowest BCUT2D eigenvalue weighted by atomic mass is 9.97. The molecule has 2 aromatic rings. The number of nitriles is 1. The van der Waals surface area contributed by atoms with Crippen LogP contribution in [0.3, 0.4) is 0 Å². The highest BCUT2D eigenvalue weighted by atomic mass is 16.1. The van der Waals surface area contributed by atoms with Gasteiger partial charge in [0.1, 0.15) is 23.4 Å². The molecule has 1 unspecified atom stereocenters. The van der Waals surface area contributed by atoms with Crippen LogP contribution in [0.5, 0.6) is 0 Å². The third-order valence-corrected chi connectivity index (χ3v) is 4.39. The van der Waals surface area contributed by atoms with Crippen LogP contribution in [0.1, 0.15) is 32.4 Å². The Balaban J connectivity index is 2.01. The van der Waals surface area contributed by atoms with Crippen molar-refractivity contribution in [1.82, 2.24) is 9.97 Å². The van der Waals surface area contributed by atoms with Gasteiger partial charge >= 0.3 is 0 Å². The Morgan fingerprint density at radius 3 is 2.96 bits per heavy atom. The van der Waals surface area contributed by atoms with Gasteiger partial charge in [0.25, 0.3) is 0 Å². The molecule has 7 nitrogen and oxygen atoms in total. The Kier molecular flexibility index (Phi) is 4.70. The Hall–Kier alpha value is -2.88. The first-order chi connectivity index (χ1) is 12.0. The largest absolute Gasteiger partial charge is 0.369 e. The molecule has 1 fully saturated rings. The molecule has 1 atom stereocenters. The number of rotatable bonds is 4. The molecule has 25 heavy (non-hydrogen) atoms. The second kappa shape index (κ2) is 6.93. The molecular weight excluding hydrogens is 316 g/mol. The van der Waals surface area contributed by atoms with Crippen LogP contribution in [-0.2, 0) is 4.79 Å². The fourth-order valence-corrected chi connectivity index (χ4v) is 3.17. The lowest BCUT2D eigenvalue weighted by Crippen LogP contribution is -2.41. The molecule has 1 aliphatic rings. The monoisotopic (exact) mass is 338 g/mol. The maximum atomic E-state index is 11.5. The van der Waals surface area contributed by atoms with Crippen molar-refractivity contribution in [2.24, 2.45) is 11.7 Å². The molecule has 130 valence electrons. The van der Waals surface area contributed by atoms with Gasteiger partial charge in [0.05, 0.1) is 5.92 Å². The topological polar surface area (TPSA) is 108 Å². The summed E-state index contributed by atoms with van der Waals surface area (Å²) in [4.78, 5) is 22.5. The van der Waals surface area contributed by atoms with Gasteiger partial charge in [-0.2, -0.15) is 5.26 Å². The molecule has 3 heterocycles. The van der Waals surface area contributed by atoms with Crippen molar-refractivity contribution in [2.75, 3.05) is 23.3 Å². The first-order valence-electron chi connectivity index (χ1n) is 8.49. The lowest BCUT2D eigenvalue weighted by Gasteiger charge is -2.32. The van der Waals surface area contributed by atoms with Gasteiger partial charge in [0.15, 0.2) is 0 Å². The van der Waals surface area contributed by atoms with Gasteiger partial charge in [-0.3, -0.25) is 4.79 Å². The highest BCUT2D eigenvalue weighted by Crippen LogP contribution is 2.28. The molecule has 0 aromatic carbocycles. The predicted molar refractivity (Wildman–Crippen MR) is 97.1 cm³/mol. The minimum absolute atomic E-state index is 0.140. The maximum absolute atomic E-state index is 11.5. The number of primary amides is 1. The smallest absolute Gasteiger partial charge is 0.222 e. The van der Waals surface area contributed by atoms with Gasteiger partial charge in [0.2, 0.25) is 5.91 Å². The van der Waals surface area contributed by atoms with E-state index in [4.69, 9.17) is 5.73 Å². The third-order valence-electron chi connectivity index (χ3n) is 4.39. The average molecular weight is 338 g/mol. The molecule has 0 radical (unpaired) electrons. The van der Waals surface area contributed by atoms with Crippen LogP contribution >= 0.6 is 0 Å². The van der Waals surface area contributed by atoms with E-state index < -0.39 is 0 Å². The number of fused-ring (bicyclic) bond motifs is 1. The summed E-state index contributed by atoms with van der Waals surface area (Å²) in [6.45, 7) is 5.48. The zero-order valence-corrected chi connectivity index (χ0v) is 14.5. The van der Waals surface area contributed by atoms with Gasteiger partial charge < -0.3 is 16.0 Å². The number of pyridine rings is 2. The number of amides is 1. The number of piperidine rings is 1. The predicted octanol–water partition coefficient (Wildman–Crippen LogP) is 2.02. The van der Waals surface area contributed by atoms with Crippen LogP contribution in [0.4, 0.5) is 11.6 Å². The number of nitrogens with zero attached hydrogens (tertiary/aromatic N) is 4. The summed E-state index contributed by atoms with van der Waals surface area (Å²) in [5, 5.41) is 14.3. The molecule has 0 saturated carbocycles. The molecule has 1 amide bonds. The summed E-state index contributed by atoms with van der Waals surface area (Å²) in [7, 11) is 0. The summed E-state index contributed by atoms with van der Waals surface area (Å²) in [6.07, 6.45) is 3.50. The van der Waals surface area contributed by atoms with Crippen LogP contribution in [0.2, 0.25) is 0 Å². The maximum Gasteiger partial charge on any atom is 0.222 e. The summed E-state index contributed by atoms with van der Waals surface area (Å²) in [5.41, 5.74) is 5.83. The Morgan fingerprint density at radius 1 is 1.48 bits per heavy atom. The van der Waals surface area contributed by atoms with E-state index in [0.29, 0.717) is 18.1 Å². The van der Waals surface area contributed by atoms with Gasteiger partial charge in [-0.1, -0.05) is 0 Å². The number of aromatic nitrogens is 2. The fourth-order valence-electron chi connectivity index (χ4n) is 3.17. The van der Waals surface area contributed by atoms with Crippen molar-refractivity contribution in [3.63, 3.8) is 0 Å². The van der Waals surface area contributed by atoms with Gasteiger partial charge in [-0.15, -0.1) is 0 Å². The van der Waals surface area contributed by atoms with Gasteiger partial charge in [0, 0.05) is 36.1 Å². The Labute approximate surface area is 146 Å². The number of nitrogens with two attached hydrogens (primary N) is 1. The Bertz CT molecular complexity index is 841. The molecule has 0 bridgehead atoms. The van der Waals surface area contributed by atoms with Gasteiger partial charge in [-0.05, 0) is 38.8 Å². The van der Waals surface area contributed by atoms with Crippen molar-refractivity contribution in [1.29, 1.82) is 5.26 Å². The van der Waals surface area contributed by atoms with Crippen LogP contribution in [0.25, 0.3) is 10.8 Å². The number of nitrogens with one attached hydrogen (secondary N) is 1. The number of anilines is 2. The number of carbonyl (C=O) groups is 1. The Morgan fingerprint density at radius 2 is 2.28 bits per heavy atom. The first kappa shape index (κ1) is 17.0. The van der Waals surface area contributed by atoms with Crippen molar-refractivity contribution >= 4 is 28.3 Å². The molecule has 2 aromatic heterocycles. The minimum atomic E-state index is -0.256. The van der Waals surface area contributed by atoms with E-state index in [2.05, 4.69) is 26.3 Å². The van der Waals surface area contributed by atoms with E-state index >= 15 is 0 Å². The van der Waals surface area contributed by atoms with E-state index in [1.807, 2.05) is 19.9 Å². The summed E-state index contributed by atoms with van der Waals surface area (Å²) in [6, 6.07) is 5.98. The SMILES string of the molecule is CC(C)Nc1nc(C#N)cc2cnc(N3CCCC(C(N)=O)C3)cc12. The van der Waals surface area contributed by atoms with Gasteiger partial charge in [-0.25, -0.2) is 9.97 Å². The number of hydrogen-bond acceptors (Lipinski definition) is 6. The quantitative estimate of drug-likeness (QED) is 0.883. The van der Waals surface area contributed by atoms with E-state index in [9.17, 15) is 10.1 Å². The molecule has 1 saturated heterocycles. The van der Waals surface area contributed by atoms with Crippen molar-refractivity contribution in [3.05, 3.63) is 24.0 Å². The summed E-state index contributed by atoms with van der Waals surface area (Å²) in [5.74, 6) is 1.08. The number of hydrogen-bond donors (Lipinski definition) is 2. The lowest BCUT2D eigenvalue weighted by molar-refractivity contribution is -0.122. The third kappa shape index (κ3) is 3.63. The minimum Gasteiger partial charge on any atom is -0.369 e. The van der Waals surface area contributed by atoms with Crippen LogP contribution in [-0.4, -0.2) is 35.0 Å². The van der Waals surface area contributed by atoms with E-state index in [1.54, 1.807) is 12.3 Å². The molecule has 1 aliphatic heterocycles. The second-order valence-corrected chi connectivity index (χ2v) is 6.72. The highest BCUT2D eigenvalue weighted by molar-refractivity contribution is 5.94. The molecule has 3 rings (SSSR count). The first-order valence-corrected chi connectivity index (χ1v) is 8.49. The number of carbonyl (C=O) groups excluding carboxylic acids is 1. The molecule has 0 spiro atoms. The molecule has 7 heteroatoms. The second-order valence-electron chi connectivity index (χ2n) is 6.72. The molecule has 0 aliphatic carbocycles. The van der Waals surface area contributed by atoms with Crippen molar-refractivity contribution < 1.29 is 4.79 Å². The molecular formula is C18H22N6O. The molecule has 3 N–H and O–H groups in total. The van der Waals surface area contributed by atoms with Crippen LogP contribution < -0.4 is 16.0 Å². The zero-order chi connectivity index (χ0) is 18.0.